The highest BCUT2D eigenvalue weighted by molar-refractivity contribution is 6.30. The van der Waals surface area contributed by atoms with Gasteiger partial charge in [0.2, 0.25) is 5.91 Å². The summed E-state index contributed by atoms with van der Waals surface area (Å²) in [7, 11) is 0. The van der Waals surface area contributed by atoms with Crippen LogP contribution >= 0.6 is 11.6 Å². The van der Waals surface area contributed by atoms with E-state index in [1.54, 1.807) is 6.20 Å². The van der Waals surface area contributed by atoms with Crippen molar-refractivity contribution in [1.82, 2.24) is 9.88 Å². The zero-order valence-corrected chi connectivity index (χ0v) is 13.4. The molecule has 1 aliphatic rings. The van der Waals surface area contributed by atoms with Crippen molar-refractivity contribution < 1.29 is 4.79 Å². The Labute approximate surface area is 131 Å². The van der Waals surface area contributed by atoms with Gasteiger partial charge in [-0.25, -0.2) is 4.98 Å². The minimum atomic E-state index is -0.755. The number of hydrogen-bond acceptors (Lipinski definition) is 4. The minimum Gasteiger partial charge on any atom is -0.353 e. The molecule has 1 aromatic rings. The van der Waals surface area contributed by atoms with Gasteiger partial charge in [-0.05, 0) is 25.5 Å². The number of nitrogens with zero attached hydrogens (tertiary/aromatic N) is 3. The molecule has 1 atom stereocenters. The fourth-order valence-corrected chi connectivity index (χ4v) is 2.79. The Hall–Kier alpha value is -1.33. The van der Waals surface area contributed by atoms with Crippen LogP contribution in [0, 0.1) is 0 Å². The van der Waals surface area contributed by atoms with Crippen LogP contribution in [0.5, 0.6) is 0 Å². The van der Waals surface area contributed by atoms with Gasteiger partial charge in [-0.1, -0.05) is 24.9 Å². The third kappa shape index (κ3) is 3.86. The summed E-state index contributed by atoms with van der Waals surface area (Å²) in [5.74, 6) is 0.948. The summed E-state index contributed by atoms with van der Waals surface area (Å²) in [5.41, 5.74) is 5.38. The van der Waals surface area contributed by atoms with Gasteiger partial charge < -0.3 is 15.5 Å². The smallest absolute Gasteiger partial charge is 0.242 e. The van der Waals surface area contributed by atoms with Crippen LogP contribution in [-0.2, 0) is 4.79 Å². The van der Waals surface area contributed by atoms with Crippen LogP contribution in [0.1, 0.15) is 26.7 Å². The number of piperazine rings is 1. The molecule has 5 nitrogen and oxygen atoms in total. The number of carbonyl (C=O) groups is 1. The maximum atomic E-state index is 12.4. The standard InChI is InChI=1S/C15H23ClN4O/c1-3-6-15(2,17)14(21)20-9-7-19(8-10-20)13-5-4-12(16)11-18-13/h4-5,11H,3,6-10,17H2,1-2H3. The summed E-state index contributed by atoms with van der Waals surface area (Å²) in [6.45, 7) is 6.76. The number of hydrogen-bond donors (Lipinski definition) is 1. The second-order valence-electron chi connectivity index (χ2n) is 5.78. The van der Waals surface area contributed by atoms with E-state index in [1.165, 1.54) is 0 Å². The van der Waals surface area contributed by atoms with E-state index in [-0.39, 0.29) is 5.91 Å². The Morgan fingerprint density at radius 3 is 2.57 bits per heavy atom. The highest BCUT2D eigenvalue weighted by atomic mass is 35.5. The number of aromatic nitrogens is 1. The van der Waals surface area contributed by atoms with Gasteiger partial charge in [-0.2, -0.15) is 0 Å². The molecule has 1 unspecified atom stereocenters. The molecule has 1 aromatic heterocycles. The number of rotatable bonds is 4. The van der Waals surface area contributed by atoms with E-state index >= 15 is 0 Å². The van der Waals surface area contributed by atoms with Crippen molar-refractivity contribution in [3.8, 4) is 0 Å². The van der Waals surface area contributed by atoms with Crippen molar-refractivity contribution in [3.05, 3.63) is 23.4 Å². The molecular formula is C15H23ClN4O. The molecule has 116 valence electrons. The summed E-state index contributed by atoms with van der Waals surface area (Å²) in [6.07, 6.45) is 3.27. The number of nitrogens with two attached hydrogens (primary N) is 1. The van der Waals surface area contributed by atoms with Crippen molar-refractivity contribution in [3.63, 3.8) is 0 Å². The van der Waals surface area contributed by atoms with Crippen LogP contribution in [0.25, 0.3) is 0 Å². The molecule has 1 amide bonds. The van der Waals surface area contributed by atoms with Crippen LogP contribution in [0.15, 0.2) is 18.3 Å². The highest BCUT2D eigenvalue weighted by Crippen LogP contribution is 2.18. The molecule has 2 N–H and O–H groups in total. The summed E-state index contributed by atoms with van der Waals surface area (Å²) < 4.78 is 0. The molecule has 0 bridgehead atoms. The normalized spacial score (nSPS) is 18.5. The second kappa shape index (κ2) is 6.62. The number of anilines is 1. The highest BCUT2D eigenvalue weighted by Gasteiger charge is 2.33. The van der Waals surface area contributed by atoms with E-state index in [0.29, 0.717) is 24.5 Å². The van der Waals surface area contributed by atoms with E-state index in [2.05, 4.69) is 9.88 Å². The van der Waals surface area contributed by atoms with Crippen molar-refractivity contribution in [2.45, 2.75) is 32.2 Å². The summed E-state index contributed by atoms with van der Waals surface area (Å²) >= 11 is 5.85. The maximum Gasteiger partial charge on any atom is 0.242 e. The lowest BCUT2D eigenvalue weighted by molar-refractivity contribution is -0.137. The lowest BCUT2D eigenvalue weighted by Gasteiger charge is -2.38. The van der Waals surface area contributed by atoms with E-state index < -0.39 is 5.54 Å². The third-order valence-electron chi connectivity index (χ3n) is 3.86. The van der Waals surface area contributed by atoms with Gasteiger partial charge in [0.05, 0.1) is 10.6 Å². The van der Waals surface area contributed by atoms with Gasteiger partial charge in [0.1, 0.15) is 5.82 Å². The van der Waals surface area contributed by atoms with Crippen molar-refractivity contribution in [2.75, 3.05) is 31.1 Å². The van der Waals surface area contributed by atoms with E-state index in [4.69, 9.17) is 17.3 Å². The first-order chi connectivity index (χ1) is 9.94. The molecule has 0 saturated carbocycles. The van der Waals surface area contributed by atoms with Crippen LogP contribution in [0.2, 0.25) is 5.02 Å². The SMILES string of the molecule is CCCC(C)(N)C(=O)N1CCN(c2ccc(Cl)cn2)CC1. The van der Waals surface area contributed by atoms with Crippen molar-refractivity contribution >= 4 is 23.3 Å². The van der Waals surface area contributed by atoms with Gasteiger partial charge in [-0.3, -0.25) is 4.79 Å². The molecule has 1 saturated heterocycles. The topological polar surface area (TPSA) is 62.5 Å². The predicted molar refractivity (Wildman–Crippen MR) is 85.5 cm³/mol. The summed E-state index contributed by atoms with van der Waals surface area (Å²) in [5, 5.41) is 0.631. The van der Waals surface area contributed by atoms with Gasteiger partial charge in [0.25, 0.3) is 0 Å². The van der Waals surface area contributed by atoms with Crippen LogP contribution < -0.4 is 10.6 Å². The van der Waals surface area contributed by atoms with Crippen LogP contribution in [0.4, 0.5) is 5.82 Å². The molecule has 0 spiro atoms. The van der Waals surface area contributed by atoms with Crippen LogP contribution in [-0.4, -0.2) is 47.5 Å². The monoisotopic (exact) mass is 310 g/mol. The molecule has 2 rings (SSSR count). The van der Waals surface area contributed by atoms with E-state index in [0.717, 1.165) is 25.3 Å². The molecule has 0 radical (unpaired) electrons. The number of amides is 1. The molecule has 0 aromatic carbocycles. The lowest BCUT2D eigenvalue weighted by Crippen LogP contribution is -2.58. The molecule has 1 fully saturated rings. The number of pyridine rings is 1. The third-order valence-corrected chi connectivity index (χ3v) is 4.08. The molecular weight excluding hydrogens is 288 g/mol. The zero-order valence-electron chi connectivity index (χ0n) is 12.7. The summed E-state index contributed by atoms with van der Waals surface area (Å²) in [4.78, 5) is 20.8. The molecule has 0 aliphatic carbocycles. The number of halogens is 1. The van der Waals surface area contributed by atoms with E-state index in [9.17, 15) is 4.79 Å². The molecule has 1 aliphatic heterocycles. The summed E-state index contributed by atoms with van der Waals surface area (Å²) in [6, 6.07) is 3.74. The molecule has 2 heterocycles. The zero-order chi connectivity index (χ0) is 15.5. The van der Waals surface area contributed by atoms with Gasteiger partial charge in [0.15, 0.2) is 0 Å². The Morgan fingerprint density at radius 1 is 1.38 bits per heavy atom. The fourth-order valence-electron chi connectivity index (χ4n) is 2.68. The Balaban J connectivity index is 1.94. The van der Waals surface area contributed by atoms with Gasteiger partial charge >= 0.3 is 0 Å². The van der Waals surface area contributed by atoms with E-state index in [1.807, 2.05) is 30.9 Å². The second-order valence-corrected chi connectivity index (χ2v) is 6.22. The van der Waals surface area contributed by atoms with Crippen LogP contribution in [0.3, 0.4) is 0 Å². The average Bonchev–Trinajstić information content (AvgIpc) is 2.47. The largest absolute Gasteiger partial charge is 0.353 e. The molecule has 6 heteroatoms. The lowest BCUT2D eigenvalue weighted by atomic mass is 9.95. The fraction of sp³-hybridized carbons (Fsp3) is 0.600. The average molecular weight is 311 g/mol. The Bertz CT molecular complexity index is 481. The maximum absolute atomic E-state index is 12.4. The predicted octanol–water partition coefficient (Wildman–Crippen LogP) is 1.90. The quantitative estimate of drug-likeness (QED) is 0.922. The number of carbonyl (C=O) groups excluding carboxylic acids is 1. The molecule has 21 heavy (non-hydrogen) atoms. The Morgan fingerprint density at radius 2 is 2.05 bits per heavy atom. The first kappa shape index (κ1) is 16.0. The minimum absolute atomic E-state index is 0.0491. The van der Waals surface area contributed by atoms with Gasteiger partial charge in [0, 0.05) is 32.4 Å². The van der Waals surface area contributed by atoms with Gasteiger partial charge in [-0.15, -0.1) is 0 Å². The van der Waals surface area contributed by atoms with Crippen molar-refractivity contribution in [2.24, 2.45) is 5.73 Å². The Kier molecular flexibility index (Phi) is 5.06. The first-order valence-corrected chi connectivity index (χ1v) is 7.76. The first-order valence-electron chi connectivity index (χ1n) is 7.39. The van der Waals surface area contributed by atoms with Crippen molar-refractivity contribution in [1.29, 1.82) is 0 Å².